The minimum atomic E-state index is -1.52. The molecule has 3 aliphatic heterocycles. The number of aromatic nitrogens is 1. The molecule has 10 nitrogen and oxygen atoms in total. The maximum atomic E-state index is 13.1. The minimum Gasteiger partial charge on any atom is -0.456 e. The molecule has 0 bridgehead atoms. The van der Waals surface area contributed by atoms with E-state index in [4.69, 9.17) is 9.40 Å². The summed E-state index contributed by atoms with van der Waals surface area (Å²) < 4.78 is 6.10. The number of urea groups is 1. The summed E-state index contributed by atoms with van der Waals surface area (Å²) in [4.78, 5) is 50.2. The van der Waals surface area contributed by atoms with Gasteiger partial charge in [0.1, 0.15) is 17.1 Å². The van der Waals surface area contributed by atoms with E-state index in [1.54, 1.807) is 11.0 Å². The Labute approximate surface area is 212 Å². The number of nitrogens with zero attached hydrogens (tertiary/aromatic N) is 4. The highest BCUT2D eigenvalue weighted by molar-refractivity contribution is 7.12. The Kier molecular flexibility index (Phi) is 5.49. The summed E-state index contributed by atoms with van der Waals surface area (Å²) in [6.45, 7) is 2.26. The SMILES string of the molecule is CN(C)C1CCN(c2ccc3oc([C@]4(CN5CCc6ccsc6C5=O)NC(=O)NC4=O)cc3n2)CC1. The van der Waals surface area contributed by atoms with Crippen LogP contribution in [-0.2, 0) is 16.8 Å². The van der Waals surface area contributed by atoms with Gasteiger partial charge in [0.15, 0.2) is 11.1 Å². The lowest BCUT2D eigenvalue weighted by Gasteiger charge is -2.35. The van der Waals surface area contributed by atoms with Crippen molar-refractivity contribution in [2.24, 2.45) is 0 Å². The van der Waals surface area contributed by atoms with Crippen LogP contribution in [0.4, 0.5) is 10.6 Å². The molecule has 3 aliphatic rings. The number of furan rings is 1. The molecule has 4 amide bonds. The van der Waals surface area contributed by atoms with Crippen molar-refractivity contribution in [3.05, 3.63) is 45.8 Å². The Balaban J connectivity index is 1.30. The number of nitrogens with one attached hydrogen (secondary N) is 2. The van der Waals surface area contributed by atoms with Crippen LogP contribution in [0.1, 0.15) is 33.8 Å². The van der Waals surface area contributed by atoms with Crippen LogP contribution in [0.3, 0.4) is 0 Å². The van der Waals surface area contributed by atoms with Crippen LogP contribution in [0.25, 0.3) is 11.1 Å². The number of piperidine rings is 1. The number of thiophene rings is 1. The Morgan fingerprint density at radius 2 is 1.97 bits per heavy atom. The second kappa shape index (κ2) is 8.59. The quantitative estimate of drug-likeness (QED) is 0.508. The average molecular weight is 509 g/mol. The van der Waals surface area contributed by atoms with Gasteiger partial charge < -0.3 is 24.4 Å². The van der Waals surface area contributed by atoms with E-state index in [-0.39, 0.29) is 18.2 Å². The molecule has 11 heteroatoms. The molecule has 3 aromatic heterocycles. The molecule has 6 heterocycles. The molecule has 0 unspecified atom stereocenters. The Morgan fingerprint density at radius 3 is 2.69 bits per heavy atom. The highest BCUT2D eigenvalue weighted by atomic mass is 32.1. The van der Waals surface area contributed by atoms with Crippen molar-refractivity contribution in [1.82, 2.24) is 25.4 Å². The average Bonchev–Trinajstić information content (AvgIpc) is 3.58. The van der Waals surface area contributed by atoms with Crippen molar-refractivity contribution >= 4 is 46.1 Å². The highest BCUT2D eigenvalue weighted by Crippen LogP contribution is 2.34. The topological polar surface area (TPSA) is 111 Å². The van der Waals surface area contributed by atoms with Gasteiger partial charge in [-0.15, -0.1) is 11.3 Å². The molecule has 0 spiro atoms. The number of carbonyl (C=O) groups is 3. The molecule has 2 saturated heterocycles. The Hall–Kier alpha value is -3.44. The number of amides is 4. The third-order valence-electron chi connectivity index (χ3n) is 7.55. The maximum absolute atomic E-state index is 13.1. The van der Waals surface area contributed by atoms with Gasteiger partial charge in [0.2, 0.25) is 0 Å². The van der Waals surface area contributed by atoms with Crippen LogP contribution < -0.4 is 15.5 Å². The van der Waals surface area contributed by atoms with Gasteiger partial charge in [-0.2, -0.15) is 0 Å². The van der Waals surface area contributed by atoms with E-state index in [0.717, 1.165) is 37.3 Å². The van der Waals surface area contributed by atoms with E-state index in [9.17, 15) is 14.4 Å². The van der Waals surface area contributed by atoms with E-state index in [1.165, 1.54) is 11.3 Å². The predicted molar refractivity (Wildman–Crippen MR) is 135 cm³/mol. The number of hydrogen-bond donors (Lipinski definition) is 2. The van der Waals surface area contributed by atoms with Crippen molar-refractivity contribution in [3.63, 3.8) is 0 Å². The number of anilines is 1. The summed E-state index contributed by atoms with van der Waals surface area (Å²) in [5.41, 5.74) is 0.629. The molecule has 2 N–H and O–H groups in total. The second-order valence-corrected chi connectivity index (χ2v) is 10.8. The van der Waals surface area contributed by atoms with E-state index in [0.29, 0.717) is 35.0 Å². The van der Waals surface area contributed by atoms with Gasteiger partial charge in [-0.1, -0.05) is 0 Å². The molecule has 2 fully saturated rings. The van der Waals surface area contributed by atoms with Crippen molar-refractivity contribution in [2.75, 3.05) is 45.2 Å². The van der Waals surface area contributed by atoms with Crippen molar-refractivity contribution < 1.29 is 18.8 Å². The molecule has 0 radical (unpaired) electrons. The highest BCUT2D eigenvalue weighted by Gasteiger charge is 2.52. The maximum Gasteiger partial charge on any atom is 0.322 e. The van der Waals surface area contributed by atoms with Crippen LogP contribution in [0.2, 0.25) is 0 Å². The third kappa shape index (κ3) is 3.73. The van der Waals surface area contributed by atoms with Gasteiger partial charge in [-0.25, -0.2) is 9.78 Å². The summed E-state index contributed by atoms with van der Waals surface area (Å²) in [5, 5.41) is 6.98. The summed E-state index contributed by atoms with van der Waals surface area (Å²) in [6.07, 6.45) is 2.83. The minimum absolute atomic E-state index is 0.0223. The van der Waals surface area contributed by atoms with Crippen molar-refractivity contribution in [2.45, 2.75) is 30.8 Å². The molecule has 0 saturated carbocycles. The normalized spacial score (nSPS) is 22.9. The van der Waals surface area contributed by atoms with E-state index in [1.807, 2.05) is 23.6 Å². The van der Waals surface area contributed by atoms with Gasteiger partial charge in [0.25, 0.3) is 11.8 Å². The van der Waals surface area contributed by atoms with Crippen molar-refractivity contribution in [1.29, 1.82) is 0 Å². The number of fused-ring (bicyclic) bond motifs is 2. The van der Waals surface area contributed by atoms with Gasteiger partial charge in [0, 0.05) is 31.7 Å². The fraction of sp³-hybridized carbons (Fsp3) is 0.440. The van der Waals surface area contributed by atoms with E-state index >= 15 is 0 Å². The van der Waals surface area contributed by atoms with Gasteiger partial charge in [-0.05, 0) is 62.5 Å². The Morgan fingerprint density at radius 1 is 1.17 bits per heavy atom. The number of pyridine rings is 1. The second-order valence-electron chi connectivity index (χ2n) is 9.91. The first-order valence-corrected chi connectivity index (χ1v) is 13.0. The number of carbonyl (C=O) groups excluding carboxylic acids is 3. The number of imide groups is 1. The van der Waals surface area contributed by atoms with Gasteiger partial charge in [-0.3, -0.25) is 14.9 Å². The molecular formula is C25H28N6O4S. The fourth-order valence-corrected chi connectivity index (χ4v) is 6.34. The summed E-state index contributed by atoms with van der Waals surface area (Å²) in [5.74, 6) is 0.443. The number of hydrogen-bond acceptors (Lipinski definition) is 8. The lowest BCUT2D eigenvalue weighted by Crippen LogP contribution is -2.54. The molecule has 0 aliphatic carbocycles. The summed E-state index contributed by atoms with van der Waals surface area (Å²) in [6, 6.07) is 7.41. The molecular weight excluding hydrogens is 480 g/mol. The lowest BCUT2D eigenvalue weighted by molar-refractivity contribution is -0.125. The van der Waals surface area contributed by atoms with Crippen LogP contribution in [0.5, 0.6) is 0 Å². The lowest BCUT2D eigenvalue weighted by atomic mass is 9.94. The van der Waals surface area contributed by atoms with Crippen LogP contribution in [0, 0.1) is 0 Å². The third-order valence-corrected chi connectivity index (χ3v) is 8.49. The van der Waals surface area contributed by atoms with Gasteiger partial charge in [0.05, 0.1) is 11.4 Å². The summed E-state index contributed by atoms with van der Waals surface area (Å²) >= 11 is 1.39. The standard InChI is InChI=1S/C25H28N6O4S/c1-29(2)16-6-10-30(11-7-16)20-4-3-18-17(26-20)13-19(35-18)25(23(33)27-24(34)28-25)14-31-9-5-15-8-12-36-21(15)22(31)32/h3-4,8,12-13,16H,5-7,9-11,14H2,1-2H3,(H2,27,28,33,34)/t25-/m0/s1. The first-order chi connectivity index (χ1) is 17.3. The smallest absolute Gasteiger partial charge is 0.322 e. The zero-order valence-electron chi connectivity index (χ0n) is 20.2. The zero-order valence-corrected chi connectivity index (χ0v) is 21.1. The van der Waals surface area contributed by atoms with E-state index in [2.05, 4.69) is 34.5 Å². The monoisotopic (exact) mass is 508 g/mol. The van der Waals surface area contributed by atoms with E-state index < -0.39 is 17.5 Å². The molecule has 0 aromatic carbocycles. The van der Waals surface area contributed by atoms with Crippen LogP contribution in [-0.4, -0.2) is 78.9 Å². The Bertz CT molecular complexity index is 1360. The molecule has 3 aromatic rings. The molecule has 1 atom stereocenters. The van der Waals surface area contributed by atoms with Crippen LogP contribution in [0.15, 0.2) is 34.1 Å². The van der Waals surface area contributed by atoms with Gasteiger partial charge >= 0.3 is 6.03 Å². The first kappa shape index (κ1) is 23.0. The largest absolute Gasteiger partial charge is 0.456 e. The molecule has 6 rings (SSSR count). The fourth-order valence-electron chi connectivity index (χ4n) is 5.42. The van der Waals surface area contributed by atoms with Crippen LogP contribution >= 0.6 is 11.3 Å². The number of rotatable bonds is 5. The molecule has 188 valence electrons. The van der Waals surface area contributed by atoms with Crippen molar-refractivity contribution in [3.8, 4) is 0 Å². The first-order valence-electron chi connectivity index (χ1n) is 12.2. The zero-order chi connectivity index (χ0) is 25.0. The molecule has 36 heavy (non-hydrogen) atoms. The predicted octanol–water partition coefficient (Wildman–Crippen LogP) is 2.15. The summed E-state index contributed by atoms with van der Waals surface area (Å²) in [7, 11) is 4.23.